The molecular weight excluding hydrogens is 486 g/mol. The van der Waals surface area contributed by atoms with Crippen molar-refractivity contribution in [3.05, 3.63) is 70.7 Å². The van der Waals surface area contributed by atoms with E-state index < -0.39 is 11.9 Å². The van der Waals surface area contributed by atoms with E-state index in [1.165, 1.54) is 6.21 Å². The molecule has 2 rings (SSSR count). The standard InChI is InChI=1S/C25H30BrN3O4/c1-5-12-32-23-11-10-20(26)14-19(23)15-27-29-25(31)21(13-17(2)3)28-24(30)16-33-22-9-7-6-8-18(22)4/h5-11,14-15,17,21H,1,12-13,16H2,2-4H3,(H,28,30)(H,29,31)/b27-15-/t21-/m0/s1. The zero-order chi connectivity index (χ0) is 24.2. The SMILES string of the molecule is C=CCOc1ccc(Br)cc1/C=N\NC(=O)[C@H](CC(C)C)NC(=O)COc1ccccc1C. The fourth-order valence-electron chi connectivity index (χ4n) is 2.94. The number of hydrazone groups is 1. The van der Waals surface area contributed by atoms with Crippen LogP contribution in [0.2, 0.25) is 0 Å². The lowest BCUT2D eigenvalue weighted by Gasteiger charge is -2.19. The minimum absolute atomic E-state index is 0.182. The molecule has 0 saturated heterocycles. The van der Waals surface area contributed by atoms with Gasteiger partial charge in [0.2, 0.25) is 0 Å². The average Bonchev–Trinajstić information content (AvgIpc) is 2.77. The van der Waals surface area contributed by atoms with Crippen LogP contribution in [0.4, 0.5) is 0 Å². The van der Waals surface area contributed by atoms with Crippen LogP contribution in [0.3, 0.4) is 0 Å². The van der Waals surface area contributed by atoms with Gasteiger partial charge >= 0.3 is 0 Å². The molecule has 8 heteroatoms. The van der Waals surface area contributed by atoms with Gasteiger partial charge in [0.25, 0.3) is 11.8 Å². The molecule has 0 fully saturated rings. The first-order valence-electron chi connectivity index (χ1n) is 10.6. The van der Waals surface area contributed by atoms with Crippen LogP contribution in [0.5, 0.6) is 11.5 Å². The number of para-hydroxylation sites is 1. The summed E-state index contributed by atoms with van der Waals surface area (Å²) in [6.45, 7) is 9.66. The minimum Gasteiger partial charge on any atom is -0.489 e. The van der Waals surface area contributed by atoms with Crippen LogP contribution in [0.1, 0.15) is 31.4 Å². The second kappa shape index (κ2) is 13.4. The van der Waals surface area contributed by atoms with E-state index in [0.717, 1.165) is 10.0 Å². The van der Waals surface area contributed by atoms with E-state index in [1.807, 2.05) is 51.1 Å². The Morgan fingerprint density at radius 1 is 1.15 bits per heavy atom. The third kappa shape index (κ3) is 9.10. The van der Waals surface area contributed by atoms with E-state index in [-0.39, 0.29) is 18.4 Å². The van der Waals surface area contributed by atoms with Crippen molar-refractivity contribution in [3.63, 3.8) is 0 Å². The molecule has 0 spiro atoms. The molecule has 0 saturated carbocycles. The van der Waals surface area contributed by atoms with Crippen molar-refractivity contribution in [1.82, 2.24) is 10.7 Å². The quantitative estimate of drug-likeness (QED) is 0.249. The zero-order valence-corrected chi connectivity index (χ0v) is 20.7. The predicted molar refractivity (Wildman–Crippen MR) is 134 cm³/mol. The summed E-state index contributed by atoms with van der Waals surface area (Å²) >= 11 is 3.41. The number of carbonyl (C=O) groups excluding carboxylic acids is 2. The van der Waals surface area contributed by atoms with Crippen molar-refractivity contribution in [2.75, 3.05) is 13.2 Å². The molecule has 1 atom stereocenters. The third-order valence-corrected chi connectivity index (χ3v) is 5.01. The van der Waals surface area contributed by atoms with Gasteiger partial charge < -0.3 is 14.8 Å². The molecule has 0 bridgehead atoms. The van der Waals surface area contributed by atoms with Crippen LogP contribution >= 0.6 is 15.9 Å². The number of hydrogen-bond donors (Lipinski definition) is 2. The molecular formula is C25H30BrN3O4. The number of rotatable bonds is 12. The van der Waals surface area contributed by atoms with Gasteiger partial charge in [-0.2, -0.15) is 5.10 Å². The predicted octanol–water partition coefficient (Wildman–Crippen LogP) is 4.38. The van der Waals surface area contributed by atoms with Crippen molar-refractivity contribution in [1.29, 1.82) is 0 Å². The maximum Gasteiger partial charge on any atom is 0.262 e. The summed E-state index contributed by atoms with van der Waals surface area (Å²) in [6, 6.07) is 12.2. The number of nitrogens with one attached hydrogen (secondary N) is 2. The number of amides is 2. The lowest BCUT2D eigenvalue weighted by molar-refractivity contribution is -0.130. The van der Waals surface area contributed by atoms with Crippen molar-refractivity contribution in [2.45, 2.75) is 33.2 Å². The first-order chi connectivity index (χ1) is 15.8. The van der Waals surface area contributed by atoms with Crippen molar-refractivity contribution in [3.8, 4) is 11.5 Å². The first kappa shape index (κ1) is 26.1. The maximum absolute atomic E-state index is 12.7. The lowest BCUT2D eigenvalue weighted by atomic mass is 10.0. The molecule has 0 aliphatic heterocycles. The molecule has 0 heterocycles. The monoisotopic (exact) mass is 515 g/mol. The summed E-state index contributed by atoms with van der Waals surface area (Å²) in [6.07, 6.45) is 3.60. The topological polar surface area (TPSA) is 89.0 Å². The highest BCUT2D eigenvalue weighted by Crippen LogP contribution is 2.22. The van der Waals surface area contributed by atoms with Crippen LogP contribution in [-0.2, 0) is 9.59 Å². The molecule has 176 valence electrons. The van der Waals surface area contributed by atoms with Crippen LogP contribution in [0, 0.1) is 12.8 Å². The number of halogens is 1. The minimum atomic E-state index is -0.742. The Labute approximate surface area is 203 Å². The van der Waals surface area contributed by atoms with Gasteiger partial charge in [-0.15, -0.1) is 0 Å². The molecule has 0 aliphatic carbocycles. The Kier molecular flexibility index (Phi) is 10.6. The molecule has 2 N–H and O–H groups in total. The van der Waals surface area contributed by atoms with Gasteiger partial charge in [0.1, 0.15) is 24.1 Å². The van der Waals surface area contributed by atoms with E-state index in [4.69, 9.17) is 9.47 Å². The lowest BCUT2D eigenvalue weighted by Crippen LogP contribution is -2.47. The fraction of sp³-hybridized carbons (Fsp3) is 0.320. The highest BCUT2D eigenvalue weighted by Gasteiger charge is 2.22. The zero-order valence-electron chi connectivity index (χ0n) is 19.1. The van der Waals surface area contributed by atoms with Gasteiger partial charge in [-0.25, -0.2) is 5.43 Å². The smallest absolute Gasteiger partial charge is 0.262 e. The van der Waals surface area contributed by atoms with E-state index in [9.17, 15) is 9.59 Å². The van der Waals surface area contributed by atoms with Crippen LogP contribution in [0.15, 0.2) is 64.7 Å². The summed E-state index contributed by atoms with van der Waals surface area (Å²) in [5.41, 5.74) is 4.13. The van der Waals surface area contributed by atoms with Crippen molar-refractivity contribution >= 4 is 34.0 Å². The molecule has 33 heavy (non-hydrogen) atoms. The Bertz CT molecular complexity index is 991. The fourth-order valence-corrected chi connectivity index (χ4v) is 3.32. The average molecular weight is 516 g/mol. The summed E-state index contributed by atoms with van der Waals surface area (Å²) in [4.78, 5) is 25.1. The summed E-state index contributed by atoms with van der Waals surface area (Å²) in [5.74, 6) is 0.635. The van der Waals surface area contributed by atoms with Gasteiger partial charge in [-0.3, -0.25) is 9.59 Å². The second-order valence-electron chi connectivity index (χ2n) is 7.82. The molecule has 2 amide bonds. The highest BCUT2D eigenvalue weighted by molar-refractivity contribution is 9.10. The number of aryl methyl sites for hydroxylation is 1. The molecule has 0 radical (unpaired) electrons. The summed E-state index contributed by atoms with van der Waals surface area (Å²) < 4.78 is 12.0. The van der Waals surface area contributed by atoms with Gasteiger partial charge in [0.05, 0.1) is 6.21 Å². The highest BCUT2D eigenvalue weighted by atomic mass is 79.9. The molecule has 2 aromatic carbocycles. The van der Waals surface area contributed by atoms with Crippen molar-refractivity contribution < 1.29 is 19.1 Å². The second-order valence-corrected chi connectivity index (χ2v) is 8.74. The van der Waals surface area contributed by atoms with E-state index in [1.54, 1.807) is 18.2 Å². The first-order valence-corrected chi connectivity index (χ1v) is 11.4. The normalized spacial score (nSPS) is 11.8. The summed E-state index contributed by atoms with van der Waals surface area (Å²) in [7, 11) is 0. The van der Waals surface area contributed by atoms with Crippen LogP contribution in [0.25, 0.3) is 0 Å². The van der Waals surface area contributed by atoms with Gasteiger partial charge in [0, 0.05) is 10.0 Å². The van der Waals surface area contributed by atoms with Gasteiger partial charge in [-0.1, -0.05) is 60.6 Å². The van der Waals surface area contributed by atoms with E-state index in [2.05, 4.69) is 38.4 Å². The molecule has 7 nitrogen and oxygen atoms in total. The molecule has 0 unspecified atom stereocenters. The van der Waals surface area contributed by atoms with Gasteiger partial charge in [-0.05, 0) is 49.1 Å². The number of nitrogens with zero attached hydrogens (tertiary/aromatic N) is 1. The number of carbonyl (C=O) groups is 2. The summed E-state index contributed by atoms with van der Waals surface area (Å²) in [5, 5.41) is 6.80. The van der Waals surface area contributed by atoms with E-state index in [0.29, 0.717) is 30.1 Å². The Morgan fingerprint density at radius 2 is 1.91 bits per heavy atom. The third-order valence-electron chi connectivity index (χ3n) is 4.52. The van der Waals surface area contributed by atoms with Crippen molar-refractivity contribution in [2.24, 2.45) is 11.0 Å². The number of ether oxygens (including phenoxy) is 2. The largest absolute Gasteiger partial charge is 0.489 e. The Hall–Kier alpha value is -3.13. The maximum atomic E-state index is 12.7. The molecule has 2 aromatic rings. The number of hydrogen-bond acceptors (Lipinski definition) is 5. The van der Waals surface area contributed by atoms with E-state index >= 15 is 0 Å². The molecule has 0 aromatic heterocycles. The Morgan fingerprint density at radius 3 is 2.61 bits per heavy atom. The Balaban J connectivity index is 1.99. The van der Waals surface area contributed by atoms with Gasteiger partial charge in [0.15, 0.2) is 6.61 Å². The number of benzene rings is 2. The van der Waals surface area contributed by atoms with Crippen LogP contribution < -0.4 is 20.2 Å². The molecule has 0 aliphatic rings. The van der Waals surface area contributed by atoms with Crippen LogP contribution in [-0.4, -0.2) is 37.3 Å².